The monoisotopic (exact) mass is 662 g/mol. The predicted octanol–water partition coefficient (Wildman–Crippen LogP) is 8.50. The number of halogens is 3. The number of pyridine rings is 1. The molecule has 2 heterocycles. The van der Waals surface area contributed by atoms with Gasteiger partial charge < -0.3 is 9.84 Å². The minimum atomic E-state index is -4.95. The van der Waals surface area contributed by atoms with Gasteiger partial charge in [0.15, 0.2) is 0 Å². The quantitative estimate of drug-likeness (QED) is 0.161. The number of carboxylic acid groups (broad SMARTS) is 1. The minimum absolute atomic E-state index is 0.116. The number of aromatic nitrogens is 2. The average molecular weight is 663 g/mol. The van der Waals surface area contributed by atoms with E-state index in [0.717, 1.165) is 27.7 Å². The van der Waals surface area contributed by atoms with Crippen molar-refractivity contribution in [3.8, 4) is 5.75 Å². The largest absolute Gasteiger partial charge is 0.487 e. The molecule has 0 saturated carbocycles. The van der Waals surface area contributed by atoms with E-state index in [1.165, 1.54) is 23.9 Å². The normalized spacial score (nSPS) is 12.9. The first-order valence-electron chi connectivity index (χ1n) is 14.5. The number of benzene rings is 2. The van der Waals surface area contributed by atoms with Crippen LogP contribution < -0.4 is 4.74 Å². The zero-order chi connectivity index (χ0) is 33.4. The number of carbonyl (C=O) groups is 1. The van der Waals surface area contributed by atoms with Crippen molar-refractivity contribution in [2.24, 2.45) is 5.41 Å². The number of alkyl halides is 3. The van der Waals surface area contributed by atoms with Gasteiger partial charge in [0.25, 0.3) is 10.0 Å². The van der Waals surface area contributed by atoms with Crippen LogP contribution in [0.5, 0.6) is 5.75 Å². The second-order valence-corrected chi connectivity index (χ2v) is 15.6. The van der Waals surface area contributed by atoms with E-state index in [9.17, 15) is 31.5 Å². The number of hydrogen-bond acceptors (Lipinski definition) is 6. The molecule has 0 saturated heterocycles. The number of thioether (sulfide) groups is 1. The molecule has 0 radical (unpaired) electrons. The van der Waals surface area contributed by atoms with E-state index < -0.39 is 42.8 Å². The van der Waals surface area contributed by atoms with Gasteiger partial charge in [0.05, 0.1) is 27.9 Å². The van der Waals surface area contributed by atoms with Crippen LogP contribution in [0.15, 0.2) is 70.6 Å². The van der Waals surface area contributed by atoms with Gasteiger partial charge >= 0.3 is 12.1 Å². The second kappa shape index (κ2) is 12.7. The Bertz CT molecular complexity index is 1810. The molecule has 7 nitrogen and oxygen atoms in total. The lowest BCUT2D eigenvalue weighted by Gasteiger charge is -2.29. The summed E-state index contributed by atoms with van der Waals surface area (Å²) in [5.74, 6) is -0.716. The van der Waals surface area contributed by atoms with Crippen molar-refractivity contribution in [2.75, 3.05) is 0 Å². The molecule has 0 spiro atoms. The molecule has 4 rings (SSSR count). The smallest absolute Gasteiger partial charge is 0.417 e. The first kappa shape index (κ1) is 34.4. The Hall–Kier alpha value is -3.51. The Morgan fingerprint density at radius 3 is 2.24 bits per heavy atom. The number of ether oxygens (including phenoxy) is 1. The van der Waals surface area contributed by atoms with Crippen molar-refractivity contribution in [1.29, 1.82) is 0 Å². The van der Waals surface area contributed by atoms with Crippen molar-refractivity contribution in [3.63, 3.8) is 0 Å². The molecule has 242 valence electrons. The summed E-state index contributed by atoms with van der Waals surface area (Å²) in [7, 11) is -4.89. The minimum Gasteiger partial charge on any atom is -0.487 e. The highest BCUT2D eigenvalue weighted by molar-refractivity contribution is 8.01. The molecule has 2 aromatic carbocycles. The topological polar surface area (TPSA) is 98.5 Å². The maximum atomic E-state index is 14.4. The highest BCUT2D eigenvalue weighted by atomic mass is 32.2. The summed E-state index contributed by atoms with van der Waals surface area (Å²) in [5, 5.41) is 10.8. The van der Waals surface area contributed by atoms with Crippen LogP contribution in [0.25, 0.3) is 10.9 Å². The molecule has 45 heavy (non-hydrogen) atoms. The molecule has 0 aliphatic rings. The van der Waals surface area contributed by atoms with Crippen LogP contribution in [0.2, 0.25) is 0 Å². The van der Waals surface area contributed by atoms with E-state index in [1.807, 2.05) is 39.8 Å². The zero-order valence-electron chi connectivity index (χ0n) is 26.0. The molecule has 0 aliphatic heterocycles. The molecule has 0 aliphatic carbocycles. The van der Waals surface area contributed by atoms with E-state index in [2.05, 4.69) is 4.98 Å². The molecule has 4 aromatic rings. The van der Waals surface area contributed by atoms with Crippen LogP contribution in [0, 0.1) is 12.3 Å². The lowest BCUT2D eigenvalue weighted by Crippen LogP contribution is -2.34. The van der Waals surface area contributed by atoms with Crippen LogP contribution in [-0.4, -0.2) is 33.2 Å². The summed E-state index contributed by atoms with van der Waals surface area (Å²) in [6, 6.07) is 12.5. The number of fused-ring (bicyclic) bond motifs is 1. The predicted molar refractivity (Wildman–Crippen MR) is 169 cm³/mol. The molecule has 1 N–H and O–H groups in total. The van der Waals surface area contributed by atoms with E-state index in [-0.39, 0.29) is 37.1 Å². The van der Waals surface area contributed by atoms with Gasteiger partial charge in [-0.05, 0) is 61.7 Å². The van der Waals surface area contributed by atoms with E-state index in [1.54, 1.807) is 32.2 Å². The summed E-state index contributed by atoms with van der Waals surface area (Å²) in [4.78, 5) is 16.6. The average Bonchev–Trinajstić information content (AvgIpc) is 3.26. The number of hydrogen-bond donors (Lipinski definition) is 1. The Labute approximate surface area is 265 Å². The number of aliphatic carboxylic acids is 1. The van der Waals surface area contributed by atoms with Crippen LogP contribution >= 0.6 is 11.8 Å². The standard InChI is InChI=1S/C33H37F3N2O5S2/c1-7-32(8-2,30(39)40)18-27-29(44-31(4,5)6)24-17-23(43-20-22-14-13-21(3)19-37-22)15-16-26(24)38(27)45(41,42)28-12-10-9-11-25(28)33(34,35)36/h9-17,19H,7-8,18,20H2,1-6H3,(H,39,40). The van der Waals surface area contributed by atoms with E-state index in [0.29, 0.717) is 21.7 Å². The van der Waals surface area contributed by atoms with Crippen LogP contribution in [0.3, 0.4) is 0 Å². The van der Waals surface area contributed by atoms with Crippen molar-refractivity contribution in [2.45, 2.75) is 88.1 Å². The summed E-state index contributed by atoms with van der Waals surface area (Å²) in [5.41, 5.74) is -0.765. The number of aryl methyl sites for hydroxylation is 1. The molecule has 0 unspecified atom stereocenters. The fourth-order valence-electron chi connectivity index (χ4n) is 5.17. The number of carboxylic acids is 1. The fraction of sp³-hybridized carbons (Fsp3) is 0.394. The lowest BCUT2D eigenvalue weighted by molar-refractivity contribution is -0.149. The van der Waals surface area contributed by atoms with Crippen LogP contribution in [0.1, 0.15) is 70.0 Å². The Balaban J connectivity index is 2.05. The Morgan fingerprint density at radius 1 is 1.02 bits per heavy atom. The summed E-state index contributed by atoms with van der Waals surface area (Å²) in [6.45, 7) is 11.2. The molecule has 0 bridgehead atoms. The molecule has 2 aromatic heterocycles. The van der Waals surface area contributed by atoms with E-state index in [4.69, 9.17) is 4.74 Å². The van der Waals surface area contributed by atoms with Crippen molar-refractivity contribution < 1.29 is 36.2 Å². The van der Waals surface area contributed by atoms with Crippen LogP contribution in [-0.2, 0) is 34.0 Å². The lowest BCUT2D eigenvalue weighted by atomic mass is 9.78. The fourth-order valence-corrected chi connectivity index (χ4v) is 8.17. The first-order chi connectivity index (χ1) is 20.9. The number of rotatable bonds is 11. The molecule has 0 fully saturated rings. The van der Waals surface area contributed by atoms with Gasteiger partial charge in [-0.25, -0.2) is 12.4 Å². The van der Waals surface area contributed by atoms with Gasteiger partial charge in [0.1, 0.15) is 17.3 Å². The van der Waals surface area contributed by atoms with Gasteiger partial charge in [-0.15, -0.1) is 11.8 Å². The Morgan fingerprint density at radius 2 is 1.69 bits per heavy atom. The van der Waals surface area contributed by atoms with Gasteiger partial charge in [0, 0.05) is 27.6 Å². The molecule has 0 atom stereocenters. The maximum Gasteiger partial charge on any atom is 0.417 e. The van der Waals surface area contributed by atoms with Gasteiger partial charge in [-0.2, -0.15) is 13.2 Å². The van der Waals surface area contributed by atoms with E-state index >= 15 is 0 Å². The maximum absolute atomic E-state index is 14.4. The summed E-state index contributed by atoms with van der Waals surface area (Å²) < 4.78 is 77.8. The second-order valence-electron chi connectivity index (χ2n) is 12.0. The summed E-state index contributed by atoms with van der Waals surface area (Å²) >= 11 is 1.33. The van der Waals surface area contributed by atoms with Crippen LogP contribution in [0.4, 0.5) is 13.2 Å². The van der Waals surface area contributed by atoms with Gasteiger partial charge in [-0.3, -0.25) is 9.78 Å². The van der Waals surface area contributed by atoms with Gasteiger partial charge in [-0.1, -0.05) is 52.8 Å². The third-order valence-corrected chi connectivity index (χ3v) is 10.8. The first-order valence-corrected chi connectivity index (χ1v) is 16.7. The summed E-state index contributed by atoms with van der Waals surface area (Å²) in [6.07, 6.45) is -3.10. The Kier molecular flexibility index (Phi) is 9.70. The van der Waals surface area contributed by atoms with Crippen molar-refractivity contribution in [1.82, 2.24) is 8.96 Å². The SMILES string of the molecule is CCC(CC)(Cc1c(SC(C)(C)C)c2cc(OCc3ccc(C)cn3)ccc2n1S(=O)(=O)c1ccccc1C(F)(F)F)C(=O)O. The molecule has 12 heteroatoms. The molecular weight excluding hydrogens is 626 g/mol. The third kappa shape index (κ3) is 7.17. The number of nitrogens with zero attached hydrogens (tertiary/aromatic N) is 2. The third-order valence-electron chi connectivity index (χ3n) is 7.73. The van der Waals surface area contributed by atoms with Crippen molar-refractivity contribution in [3.05, 3.63) is 83.3 Å². The molecular formula is C33H37F3N2O5S2. The van der Waals surface area contributed by atoms with Gasteiger partial charge in [0.2, 0.25) is 0 Å². The molecule has 0 amide bonds. The highest BCUT2D eigenvalue weighted by Crippen LogP contribution is 2.47. The zero-order valence-corrected chi connectivity index (χ0v) is 27.7. The highest BCUT2D eigenvalue weighted by Gasteiger charge is 2.42. The van der Waals surface area contributed by atoms with Crippen molar-refractivity contribution >= 4 is 38.7 Å².